The molecule has 7 atom stereocenters. The molecule has 0 radical (unpaired) electrons. The van der Waals surface area contributed by atoms with E-state index in [0.717, 1.165) is 5.56 Å². The van der Waals surface area contributed by atoms with Crippen molar-refractivity contribution in [3.8, 4) is 0 Å². The molecule has 2 heterocycles. The number of carboxylic acid groups (broad SMARTS) is 1. The number of carboxylic acids is 1. The van der Waals surface area contributed by atoms with Crippen LogP contribution in [0, 0.1) is 0 Å². The van der Waals surface area contributed by atoms with Gasteiger partial charge >= 0.3 is 5.97 Å². The van der Waals surface area contributed by atoms with Crippen LogP contribution >= 0.6 is 0 Å². The van der Waals surface area contributed by atoms with Gasteiger partial charge in [0.2, 0.25) is 29.5 Å². The van der Waals surface area contributed by atoms with Crippen LogP contribution in [0.3, 0.4) is 0 Å². The number of primary amides is 1. The van der Waals surface area contributed by atoms with E-state index in [0.29, 0.717) is 45.2 Å². The van der Waals surface area contributed by atoms with Gasteiger partial charge < -0.3 is 47.2 Å². The average molecular weight is 621 g/mol. The molecule has 2 aliphatic heterocycles. The van der Waals surface area contributed by atoms with E-state index in [1.54, 1.807) is 0 Å². The van der Waals surface area contributed by atoms with Gasteiger partial charge in [-0.2, -0.15) is 0 Å². The fraction of sp³-hybridized carbons (Fsp3) is 0.586. The Hall–Kier alpha value is -4.08. The van der Waals surface area contributed by atoms with Crippen molar-refractivity contribution >= 4 is 35.5 Å². The molecule has 0 aliphatic carbocycles. The van der Waals surface area contributed by atoms with Gasteiger partial charge in [0.1, 0.15) is 30.2 Å². The van der Waals surface area contributed by atoms with Crippen molar-refractivity contribution in [1.29, 1.82) is 0 Å². The number of hydrogen-bond acceptors (Lipinski definition) is 9. The summed E-state index contributed by atoms with van der Waals surface area (Å²) < 4.78 is 0. The number of carbonyl (C=O) groups is 6. The molecule has 2 fully saturated rings. The van der Waals surface area contributed by atoms with E-state index in [1.165, 1.54) is 30.6 Å². The minimum atomic E-state index is -1.26. The molecule has 1 aromatic rings. The molecule has 0 aromatic heterocycles. The van der Waals surface area contributed by atoms with Gasteiger partial charge in [0.15, 0.2) is 0 Å². The Morgan fingerprint density at radius 2 is 1.48 bits per heavy atom. The number of likely N-dealkylation sites (tertiary alicyclic amines) is 2. The lowest BCUT2D eigenvalue weighted by molar-refractivity contribution is -0.148. The Kier molecular flexibility index (Phi) is 13.7. The first-order chi connectivity index (χ1) is 20.6. The highest BCUT2D eigenvalue weighted by Gasteiger charge is 2.44. The van der Waals surface area contributed by atoms with Crippen molar-refractivity contribution in [2.24, 2.45) is 11.5 Å². The molecular weight excluding hydrogens is 576 g/mol. The summed E-state index contributed by atoms with van der Waals surface area (Å²) in [7, 11) is 0. The summed E-state index contributed by atoms with van der Waals surface area (Å²) in [6.07, 6.45) is 0.132. The summed E-state index contributed by atoms with van der Waals surface area (Å²) in [5.41, 5.74) is 11.8. The van der Waals surface area contributed by atoms with Gasteiger partial charge in [-0.15, -0.1) is 0 Å². The first kappa shape index (κ1) is 36.1. The third kappa shape index (κ3) is 9.99. The molecule has 15 heteroatoms. The summed E-state index contributed by atoms with van der Waals surface area (Å²) in [6, 6.07) is 4.40. The van der Waals surface area contributed by atoms with Crippen LogP contribution in [0.2, 0.25) is 0 Å². The summed E-state index contributed by atoms with van der Waals surface area (Å²) in [5, 5.41) is 32.9. The summed E-state index contributed by atoms with van der Waals surface area (Å²) in [5.74, 6) is -3.66. The van der Waals surface area contributed by atoms with Gasteiger partial charge in [0.25, 0.3) is 0 Å². The van der Waals surface area contributed by atoms with Crippen molar-refractivity contribution in [2.45, 2.75) is 95.3 Å². The second-order valence-electron chi connectivity index (χ2n) is 11.1. The topological polar surface area (TPSA) is 246 Å². The van der Waals surface area contributed by atoms with E-state index in [1.807, 2.05) is 30.3 Å². The number of benzene rings is 1. The Morgan fingerprint density at radius 3 is 1.98 bits per heavy atom. The highest BCUT2D eigenvalue weighted by atomic mass is 16.4. The van der Waals surface area contributed by atoms with E-state index in [9.17, 15) is 39.0 Å². The zero-order valence-electron chi connectivity index (χ0n) is 25.2. The lowest BCUT2D eigenvalue weighted by atomic mass is 10.1. The van der Waals surface area contributed by atoms with Crippen LogP contribution in [-0.2, 0) is 35.2 Å². The summed E-state index contributed by atoms with van der Waals surface area (Å²) >= 11 is 0. The van der Waals surface area contributed by atoms with E-state index >= 15 is 0 Å². The third-order valence-electron chi connectivity index (χ3n) is 7.51. The fourth-order valence-electron chi connectivity index (χ4n) is 5.15. The number of hydrogen-bond donors (Lipinski definition) is 7. The molecule has 44 heavy (non-hydrogen) atoms. The van der Waals surface area contributed by atoms with Crippen molar-refractivity contribution in [3.05, 3.63) is 35.9 Å². The van der Waals surface area contributed by atoms with Gasteiger partial charge in [0, 0.05) is 26.4 Å². The van der Waals surface area contributed by atoms with Crippen LogP contribution in [0.25, 0.3) is 0 Å². The number of aliphatic hydroxyl groups excluding tert-OH is 2. The Morgan fingerprint density at radius 1 is 0.909 bits per heavy atom. The minimum absolute atomic E-state index is 0.301. The largest absolute Gasteiger partial charge is 0.480 e. The first-order valence-corrected chi connectivity index (χ1v) is 14.5. The Labute approximate surface area is 255 Å². The maximum Gasteiger partial charge on any atom is 0.326 e. The van der Waals surface area contributed by atoms with Crippen LogP contribution in [-0.4, -0.2) is 116 Å². The maximum atomic E-state index is 13.1. The first-order valence-electron chi connectivity index (χ1n) is 14.5. The molecule has 0 saturated carbocycles. The molecule has 5 amide bonds. The standard InChI is InChI=1S/C18H31N5O6.C11H13NO3/c1-9(24)13(19)18(29)23-8-4-6-12(23)17(28)22-7-3-5-11(22)16(27)21-14(10(2)25)15(20)26;1-8(13)12-10(11(14)15)7-9-5-3-2-4-6-9/h9-14,24-25H,3-8,19H2,1-2H3,(H2,20,26)(H,21,27);2-6,10H,7H2,1H3,(H,12,13)(H,14,15)/t9-,10-,11+,12+,13+,14-;10-/m10/s1. The highest BCUT2D eigenvalue weighted by molar-refractivity contribution is 5.95. The molecule has 3 rings (SSSR count). The molecular formula is C29H44N6O9. The zero-order valence-corrected chi connectivity index (χ0v) is 25.2. The number of nitrogens with one attached hydrogen (secondary N) is 2. The molecule has 244 valence electrons. The normalized spacial score (nSPS) is 21.1. The molecule has 0 spiro atoms. The predicted molar refractivity (Wildman–Crippen MR) is 157 cm³/mol. The van der Waals surface area contributed by atoms with Gasteiger partial charge in [-0.3, -0.25) is 24.0 Å². The number of amides is 5. The second kappa shape index (κ2) is 16.7. The number of carbonyl (C=O) groups excluding carboxylic acids is 5. The SMILES string of the molecule is CC(=O)N[C@@H](Cc1ccccc1)C(=O)O.C[C@@H](O)[C@H](N)C(=O)N1CCC[C@H]1C(=O)N1CCC[C@H]1C(=O)N[C@@H](C(N)=O)[C@@H](C)O. The monoisotopic (exact) mass is 620 g/mol. The van der Waals surface area contributed by atoms with E-state index in [-0.39, 0.29) is 11.8 Å². The van der Waals surface area contributed by atoms with Crippen molar-refractivity contribution in [1.82, 2.24) is 20.4 Å². The number of nitrogens with zero attached hydrogens (tertiary/aromatic N) is 2. The van der Waals surface area contributed by atoms with Crippen molar-refractivity contribution in [2.75, 3.05) is 13.1 Å². The number of aliphatic hydroxyl groups is 2. The maximum absolute atomic E-state index is 13.1. The molecule has 1 aromatic carbocycles. The molecule has 0 unspecified atom stereocenters. The van der Waals surface area contributed by atoms with Crippen molar-refractivity contribution < 1.29 is 44.1 Å². The van der Waals surface area contributed by atoms with Crippen LogP contribution < -0.4 is 22.1 Å². The molecule has 0 bridgehead atoms. The number of nitrogens with two attached hydrogens (primary N) is 2. The number of rotatable bonds is 11. The fourth-order valence-corrected chi connectivity index (χ4v) is 5.15. The molecule has 2 saturated heterocycles. The van der Waals surface area contributed by atoms with Gasteiger partial charge in [-0.05, 0) is 45.1 Å². The zero-order chi connectivity index (χ0) is 33.1. The predicted octanol–water partition coefficient (Wildman–Crippen LogP) is -2.15. The molecule has 2 aliphatic rings. The van der Waals surface area contributed by atoms with Gasteiger partial charge in [-0.25, -0.2) is 4.79 Å². The molecule has 9 N–H and O–H groups in total. The quantitative estimate of drug-likeness (QED) is 0.141. The van der Waals surface area contributed by atoms with Crippen LogP contribution in [0.5, 0.6) is 0 Å². The Balaban J connectivity index is 0.000000378. The smallest absolute Gasteiger partial charge is 0.326 e. The summed E-state index contributed by atoms with van der Waals surface area (Å²) in [6.45, 7) is 4.75. The van der Waals surface area contributed by atoms with Crippen LogP contribution in [0.1, 0.15) is 52.0 Å². The lowest BCUT2D eigenvalue weighted by Crippen LogP contribution is -2.58. The van der Waals surface area contributed by atoms with E-state index in [4.69, 9.17) is 16.6 Å². The van der Waals surface area contributed by atoms with Gasteiger partial charge in [-0.1, -0.05) is 30.3 Å². The van der Waals surface area contributed by atoms with Crippen LogP contribution in [0.15, 0.2) is 30.3 Å². The van der Waals surface area contributed by atoms with Crippen LogP contribution in [0.4, 0.5) is 0 Å². The average Bonchev–Trinajstić information content (AvgIpc) is 3.65. The lowest BCUT2D eigenvalue weighted by Gasteiger charge is -2.33. The highest BCUT2D eigenvalue weighted by Crippen LogP contribution is 2.26. The van der Waals surface area contributed by atoms with Gasteiger partial charge in [0.05, 0.1) is 12.2 Å². The van der Waals surface area contributed by atoms with E-state index in [2.05, 4.69) is 10.6 Å². The molecule has 15 nitrogen and oxygen atoms in total. The second-order valence-corrected chi connectivity index (χ2v) is 11.1. The van der Waals surface area contributed by atoms with E-state index < -0.39 is 66.1 Å². The van der Waals surface area contributed by atoms with Crippen molar-refractivity contribution in [3.63, 3.8) is 0 Å². The summed E-state index contributed by atoms with van der Waals surface area (Å²) in [4.78, 5) is 74.1. The Bertz CT molecular complexity index is 1180. The number of aliphatic carboxylic acids is 1. The minimum Gasteiger partial charge on any atom is -0.480 e. The third-order valence-corrected chi connectivity index (χ3v) is 7.51.